The van der Waals surface area contributed by atoms with Crippen LogP contribution < -0.4 is 5.32 Å². The Kier molecular flexibility index (Phi) is 4.09. The maximum Gasteiger partial charge on any atom is 0.321 e. The third-order valence-electron chi connectivity index (χ3n) is 4.47. The lowest BCUT2D eigenvalue weighted by molar-refractivity contribution is 0.186. The SMILES string of the molecule is CN(C(=O)Nc1cccc2ccccc12)C1CCCCC1. The van der Waals surface area contributed by atoms with Crippen LogP contribution in [0.15, 0.2) is 42.5 Å². The molecule has 0 unspecified atom stereocenters. The van der Waals surface area contributed by atoms with E-state index in [0.29, 0.717) is 6.04 Å². The van der Waals surface area contributed by atoms with E-state index in [-0.39, 0.29) is 6.03 Å². The van der Waals surface area contributed by atoms with Gasteiger partial charge in [-0.25, -0.2) is 4.79 Å². The average Bonchev–Trinajstić information content (AvgIpc) is 2.55. The molecule has 1 aliphatic carbocycles. The first-order chi connectivity index (χ1) is 10.3. The number of anilines is 1. The van der Waals surface area contributed by atoms with Crippen LogP contribution in [0.25, 0.3) is 10.8 Å². The number of amides is 2. The Morgan fingerprint density at radius 2 is 1.76 bits per heavy atom. The van der Waals surface area contributed by atoms with Crippen LogP contribution in [0.1, 0.15) is 32.1 Å². The fourth-order valence-corrected chi connectivity index (χ4v) is 3.17. The second-order valence-electron chi connectivity index (χ2n) is 5.86. The van der Waals surface area contributed by atoms with Gasteiger partial charge in [0, 0.05) is 18.5 Å². The molecule has 1 fully saturated rings. The average molecular weight is 282 g/mol. The Morgan fingerprint density at radius 1 is 1.05 bits per heavy atom. The zero-order chi connectivity index (χ0) is 14.7. The second-order valence-corrected chi connectivity index (χ2v) is 5.86. The van der Waals surface area contributed by atoms with Crippen LogP contribution in [-0.4, -0.2) is 24.0 Å². The maximum atomic E-state index is 12.5. The van der Waals surface area contributed by atoms with Gasteiger partial charge >= 0.3 is 6.03 Å². The number of hydrogen-bond acceptors (Lipinski definition) is 1. The van der Waals surface area contributed by atoms with Gasteiger partial charge in [-0.1, -0.05) is 55.7 Å². The van der Waals surface area contributed by atoms with Crippen LogP contribution in [0.2, 0.25) is 0 Å². The van der Waals surface area contributed by atoms with Gasteiger partial charge < -0.3 is 10.2 Å². The van der Waals surface area contributed by atoms with E-state index in [9.17, 15) is 4.79 Å². The number of benzene rings is 2. The zero-order valence-corrected chi connectivity index (χ0v) is 12.5. The monoisotopic (exact) mass is 282 g/mol. The van der Waals surface area contributed by atoms with Gasteiger partial charge in [0.15, 0.2) is 0 Å². The van der Waals surface area contributed by atoms with Gasteiger partial charge in [-0.2, -0.15) is 0 Å². The van der Waals surface area contributed by atoms with Crippen molar-refractivity contribution in [2.45, 2.75) is 38.1 Å². The zero-order valence-electron chi connectivity index (χ0n) is 12.5. The summed E-state index contributed by atoms with van der Waals surface area (Å²) in [6.07, 6.45) is 6.02. The van der Waals surface area contributed by atoms with Crippen molar-refractivity contribution < 1.29 is 4.79 Å². The molecule has 2 amide bonds. The Labute approximate surface area is 125 Å². The minimum absolute atomic E-state index is 0.00162. The quantitative estimate of drug-likeness (QED) is 0.855. The lowest BCUT2D eigenvalue weighted by Crippen LogP contribution is -2.40. The van der Waals surface area contributed by atoms with E-state index in [1.165, 1.54) is 19.3 Å². The predicted octanol–water partition coefficient (Wildman–Crippen LogP) is 4.64. The molecule has 0 spiro atoms. The lowest BCUT2D eigenvalue weighted by Gasteiger charge is -2.31. The summed E-state index contributed by atoms with van der Waals surface area (Å²) in [5.74, 6) is 0. The van der Waals surface area contributed by atoms with E-state index in [4.69, 9.17) is 0 Å². The minimum atomic E-state index is -0.00162. The van der Waals surface area contributed by atoms with Crippen molar-refractivity contribution in [2.75, 3.05) is 12.4 Å². The van der Waals surface area contributed by atoms with Gasteiger partial charge in [0.2, 0.25) is 0 Å². The summed E-state index contributed by atoms with van der Waals surface area (Å²) in [6.45, 7) is 0. The van der Waals surface area contributed by atoms with E-state index in [2.05, 4.69) is 17.4 Å². The summed E-state index contributed by atoms with van der Waals surface area (Å²) in [5.41, 5.74) is 0.890. The number of nitrogens with zero attached hydrogens (tertiary/aromatic N) is 1. The van der Waals surface area contributed by atoms with Crippen molar-refractivity contribution in [1.29, 1.82) is 0 Å². The molecule has 0 heterocycles. The molecular formula is C18H22N2O. The number of carbonyl (C=O) groups is 1. The van der Waals surface area contributed by atoms with Crippen LogP contribution in [0, 0.1) is 0 Å². The van der Waals surface area contributed by atoms with Gasteiger partial charge in [0.1, 0.15) is 0 Å². The van der Waals surface area contributed by atoms with Gasteiger partial charge in [0.05, 0.1) is 5.69 Å². The van der Waals surface area contributed by atoms with Crippen molar-refractivity contribution >= 4 is 22.5 Å². The van der Waals surface area contributed by atoms with E-state index in [0.717, 1.165) is 29.3 Å². The molecule has 0 aliphatic heterocycles. The number of hydrogen-bond donors (Lipinski definition) is 1. The number of urea groups is 1. The molecule has 3 rings (SSSR count). The highest BCUT2D eigenvalue weighted by molar-refractivity contribution is 6.01. The molecule has 2 aromatic carbocycles. The molecule has 0 aromatic heterocycles. The summed E-state index contributed by atoms with van der Waals surface area (Å²) >= 11 is 0. The molecule has 1 aliphatic rings. The van der Waals surface area contributed by atoms with Gasteiger partial charge in [-0.15, -0.1) is 0 Å². The summed E-state index contributed by atoms with van der Waals surface area (Å²) in [7, 11) is 1.91. The Hall–Kier alpha value is -2.03. The van der Waals surface area contributed by atoms with E-state index >= 15 is 0 Å². The molecule has 0 radical (unpaired) electrons. The van der Waals surface area contributed by atoms with Gasteiger partial charge in [-0.3, -0.25) is 0 Å². The molecule has 0 bridgehead atoms. The van der Waals surface area contributed by atoms with Crippen LogP contribution >= 0.6 is 0 Å². The van der Waals surface area contributed by atoms with Crippen molar-refractivity contribution in [3.63, 3.8) is 0 Å². The summed E-state index contributed by atoms with van der Waals surface area (Å²) in [5, 5.41) is 5.31. The van der Waals surface area contributed by atoms with Crippen LogP contribution in [0.4, 0.5) is 10.5 Å². The molecule has 3 heteroatoms. The van der Waals surface area contributed by atoms with Crippen molar-refractivity contribution in [1.82, 2.24) is 4.90 Å². The fourth-order valence-electron chi connectivity index (χ4n) is 3.17. The second kappa shape index (κ2) is 6.17. The Morgan fingerprint density at radius 3 is 2.57 bits per heavy atom. The molecule has 110 valence electrons. The molecule has 1 saturated carbocycles. The first-order valence-corrected chi connectivity index (χ1v) is 7.77. The van der Waals surface area contributed by atoms with E-state index in [1.807, 2.05) is 42.3 Å². The lowest BCUT2D eigenvalue weighted by atomic mass is 9.95. The Balaban J connectivity index is 1.76. The third-order valence-corrected chi connectivity index (χ3v) is 4.47. The maximum absolute atomic E-state index is 12.5. The number of rotatable bonds is 2. The highest BCUT2D eigenvalue weighted by Gasteiger charge is 2.22. The summed E-state index contributed by atoms with van der Waals surface area (Å²) in [4.78, 5) is 14.3. The molecule has 3 nitrogen and oxygen atoms in total. The fraction of sp³-hybridized carbons (Fsp3) is 0.389. The topological polar surface area (TPSA) is 32.3 Å². The standard InChI is InChI=1S/C18H22N2O/c1-20(15-10-3-2-4-11-15)18(21)19-17-13-7-9-14-8-5-6-12-16(14)17/h5-9,12-13,15H,2-4,10-11H2,1H3,(H,19,21). The first-order valence-electron chi connectivity index (χ1n) is 7.77. The smallest absolute Gasteiger partial charge is 0.321 e. The van der Waals surface area contributed by atoms with Crippen LogP contribution in [0.5, 0.6) is 0 Å². The predicted molar refractivity (Wildman–Crippen MR) is 87.6 cm³/mol. The number of carbonyl (C=O) groups excluding carboxylic acids is 1. The molecular weight excluding hydrogens is 260 g/mol. The van der Waals surface area contributed by atoms with E-state index in [1.54, 1.807) is 0 Å². The van der Waals surface area contributed by atoms with E-state index < -0.39 is 0 Å². The van der Waals surface area contributed by atoms with Crippen molar-refractivity contribution in [3.8, 4) is 0 Å². The van der Waals surface area contributed by atoms with Gasteiger partial charge in [0.25, 0.3) is 0 Å². The van der Waals surface area contributed by atoms with Crippen molar-refractivity contribution in [3.05, 3.63) is 42.5 Å². The Bertz CT molecular complexity index is 627. The van der Waals surface area contributed by atoms with Gasteiger partial charge in [-0.05, 0) is 24.3 Å². The van der Waals surface area contributed by atoms with Crippen molar-refractivity contribution in [2.24, 2.45) is 0 Å². The summed E-state index contributed by atoms with van der Waals surface area (Å²) < 4.78 is 0. The summed E-state index contributed by atoms with van der Waals surface area (Å²) in [6, 6.07) is 14.5. The highest BCUT2D eigenvalue weighted by atomic mass is 16.2. The number of nitrogens with one attached hydrogen (secondary N) is 1. The normalized spacial score (nSPS) is 15.9. The minimum Gasteiger partial charge on any atom is -0.325 e. The molecule has 1 N–H and O–H groups in total. The first kappa shape index (κ1) is 13.9. The molecule has 21 heavy (non-hydrogen) atoms. The molecule has 2 aromatic rings. The highest BCUT2D eigenvalue weighted by Crippen LogP contribution is 2.25. The largest absolute Gasteiger partial charge is 0.325 e. The van der Waals surface area contributed by atoms with Crippen LogP contribution in [-0.2, 0) is 0 Å². The third kappa shape index (κ3) is 3.02. The molecule has 0 saturated heterocycles. The molecule has 0 atom stereocenters. The number of fused-ring (bicyclic) bond motifs is 1. The van der Waals surface area contributed by atoms with Crippen LogP contribution in [0.3, 0.4) is 0 Å².